The van der Waals surface area contributed by atoms with Crippen molar-refractivity contribution in [1.29, 1.82) is 0 Å². The molecule has 1 heterocycles. The van der Waals surface area contributed by atoms with E-state index in [1.165, 1.54) is 0 Å². The molecule has 0 atom stereocenters. The third-order valence-corrected chi connectivity index (χ3v) is 3.95. The smallest absolute Gasteiger partial charge is 0.143 e. The molecule has 0 aromatic carbocycles. The standard InChI is InChI=1S/C15H26IN3O2/c1-5-17-15-14(16)12(10-11(2)3)18-13(19-15)6-7-21-9-8-20-4/h11H,5-10H2,1-4H3,(H,17,18,19). The van der Waals surface area contributed by atoms with Crippen LogP contribution in [-0.2, 0) is 22.3 Å². The predicted molar refractivity (Wildman–Crippen MR) is 93.9 cm³/mol. The third-order valence-electron chi connectivity index (χ3n) is 2.81. The minimum Gasteiger partial charge on any atom is -0.382 e. The summed E-state index contributed by atoms with van der Waals surface area (Å²) in [5.41, 5.74) is 1.13. The van der Waals surface area contributed by atoms with Gasteiger partial charge in [-0.2, -0.15) is 0 Å². The van der Waals surface area contributed by atoms with Gasteiger partial charge in [0.15, 0.2) is 0 Å². The number of ether oxygens (including phenoxy) is 2. The number of aromatic nitrogens is 2. The summed E-state index contributed by atoms with van der Waals surface area (Å²) < 4.78 is 11.6. The van der Waals surface area contributed by atoms with Crippen LogP contribution >= 0.6 is 22.6 Å². The maximum Gasteiger partial charge on any atom is 0.143 e. The zero-order valence-corrected chi connectivity index (χ0v) is 15.6. The van der Waals surface area contributed by atoms with Gasteiger partial charge in [0, 0.05) is 20.1 Å². The highest BCUT2D eigenvalue weighted by atomic mass is 127. The van der Waals surface area contributed by atoms with Gasteiger partial charge in [-0.1, -0.05) is 13.8 Å². The summed E-state index contributed by atoms with van der Waals surface area (Å²) in [5.74, 6) is 2.36. The fraction of sp³-hybridized carbons (Fsp3) is 0.733. The maximum atomic E-state index is 5.50. The van der Waals surface area contributed by atoms with E-state index in [2.05, 4.69) is 53.7 Å². The van der Waals surface area contributed by atoms with Crippen molar-refractivity contribution in [3.05, 3.63) is 15.1 Å². The van der Waals surface area contributed by atoms with Crippen molar-refractivity contribution in [3.8, 4) is 0 Å². The zero-order valence-electron chi connectivity index (χ0n) is 13.4. The van der Waals surface area contributed by atoms with Crippen molar-refractivity contribution in [2.45, 2.75) is 33.6 Å². The van der Waals surface area contributed by atoms with E-state index < -0.39 is 0 Å². The second-order valence-electron chi connectivity index (χ2n) is 5.23. The summed E-state index contributed by atoms with van der Waals surface area (Å²) in [6.07, 6.45) is 1.70. The van der Waals surface area contributed by atoms with Crippen molar-refractivity contribution in [2.75, 3.05) is 38.8 Å². The van der Waals surface area contributed by atoms with E-state index in [-0.39, 0.29) is 0 Å². The van der Waals surface area contributed by atoms with Gasteiger partial charge in [0.05, 0.1) is 29.1 Å². The first-order valence-corrected chi connectivity index (χ1v) is 8.52. The molecule has 0 amide bonds. The number of nitrogens with one attached hydrogen (secondary N) is 1. The van der Waals surface area contributed by atoms with Gasteiger partial charge in [0.25, 0.3) is 0 Å². The topological polar surface area (TPSA) is 56.3 Å². The van der Waals surface area contributed by atoms with E-state index in [9.17, 15) is 0 Å². The van der Waals surface area contributed by atoms with Crippen LogP contribution in [0.25, 0.3) is 0 Å². The summed E-state index contributed by atoms with van der Waals surface area (Å²) >= 11 is 2.34. The van der Waals surface area contributed by atoms with Gasteiger partial charge in [-0.3, -0.25) is 0 Å². The van der Waals surface area contributed by atoms with Gasteiger partial charge in [-0.25, -0.2) is 9.97 Å². The van der Waals surface area contributed by atoms with Crippen molar-refractivity contribution >= 4 is 28.4 Å². The van der Waals surface area contributed by atoms with Crippen LogP contribution in [0.2, 0.25) is 0 Å². The lowest BCUT2D eigenvalue weighted by atomic mass is 10.1. The van der Waals surface area contributed by atoms with Crippen LogP contribution in [0.15, 0.2) is 0 Å². The highest BCUT2D eigenvalue weighted by molar-refractivity contribution is 14.1. The molecule has 0 saturated heterocycles. The van der Waals surface area contributed by atoms with E-state index in [1.54, 1.807) is 7.11 Å². The summed E-state index contributed by atoms with van der Waals surface area (Å²) in [4.78, 5) is 9.31. The van der Waals surface area contributed by atoms with Crippen LogP contribution < -0.4 is 5.32 Å². The van der Waals surface area contributed by atoms with Crippen molar-refractivity contribution in [1.82, 2.24) is 9.97 Å². The van der Waals surface area contributed by atoms with Gasteiger partial charge >= 0.3 is 0 Å². The van der Waals surface area contributed by atoms with Crippen LogP contribution in [0.5, 0.6) is 0 Å². The minimum absolute atomic E-state index is 0.577. The summed E-state index contributed by atoms with van der Waals surface area (Å²) in [6, 6.07) is 0. The van der Waals surface area contributed by atoms with Gasteiger partial charge < -0.3 is 14.8 Å². The first kappa shape index (κ1) is 18.6. The fourth-order valence-electron chi connectivity index (χ4n) is 1.87. The quantitative estimate of drug-likeness (QED) is 0.478. The number of methoxy groups -OCH3 is 1. The molecular weight excluding hydrogens is 381 g/mol. The number of hydrogen-bond acceptors (Lipinski definition) is 5. The Labute approximate surface area is 141 Å². The van der Waals surface area contributed by atoms with E-state index >= 15 is 0 Å². The Balaban J connectivity index is 2.75. The molecule has 0 aliphatic heterocycles. The number of hydrogen-bond donors (Lipinski definition) is 1. The molecule has 6 heteroatoms. The number of nitrogens with zero attached hydrogens (tertiary/aromatic N) is 2. The molecule has 21 heavy (non-hydrogen) atoms. The number of rotatable bonds is 10. The molecule has 0 aliphatic rings. The number of anilines is 1. The van der Waals surface area contributed by atoms with Crippen LogP contribution in [0.4, 0.5) is 5.82 Å². The second kappa shape index (κ2) is 10.3. The number of halogens is 1. The van der Waals surface area contributed by atoms with E-state index in [0.29, 0.717) is 25.7 Å². The van der Waals surface area contributed by atoms with Gasteiger partial charge in [-0.05, 0) is 41.9 Å². The lowest BCUT2D eigenvalue weighted by molar-refractivity contribution is 0.0716. The third kappa shape index (κ3) is 6.88. The average molecular weight is 407 g/mol. The molecule has 0 spiro atoms. The first-order valence-electron chi connectivity index (χ1n) is 7.44. The van der Waals surface area contributed by atoms with Crippen LogP contribution in [0, 0.1) is 9.49 Å². The Morgan fingerprint density at radius 2 is 1.95 bits per heavy atom. The van der Waals surface area contributed by atoms with Crippen LogP contribution in [0.3, 0.4) is 0 Å². The normalized spacial score (nSPS) is 11.1. The van der Waals surface area contributed by atoms with Gasteiger partial charge in [0.1, 0.15) is 11.6 Å². The Kier molecular flexibility index (Phi) is 9.10. The molecule has 5 nitrogen and oxygen atoms in total. The fourth-order valence-corrected chi connectivity index (χ4v) is 2.52. The van der Waals surface area contributed by atoms with E-state index in [4.69, 9.17) is 14.5 Å². The predicted octanol–water partition coefficient (Wildman–Crippen LogP) is 2.92. The molecule has 0 aliphatic carbocycles. The maximum absolute atomic E-state index is 5.50. The lowest BCUT2D eigenvalue weighted by Gasteiger charge is -2.13. The molecule has 1 aromatic heterocycles. The second-order valence-corrected chi connectivity index (χ2v) is 6.31. The molecule has 1 aromatic rings. The summed E-state index contributed by atoms with van der Waals surface area (Å²) in [5, 5.41) is 3.32. The monoisotopic (exact) mass is 407 g/mol. The Bertz CT molecular complexity index is 428. The van der Waals surface area contributed by atoms with Gasteiger partial charge in [-0.15, -0.1) is 0 Å². The molecule has 0 fully saturated rings. The van der Waals surface area contributed by atoms with Crippen LogP contribution in [0.1, 0.15) is 32.3 Å². The molecule has 120 valence electrons. The molecule has 0 saturated carbocycles. The zero-order chi connectivity index (χ0) is 15.7. The Morgan fingerprint density at radius 1 is 1.19 bits per heavy atom. The van der Waals surface area contributed by atoms with Crippen molar-refractivity contribution in [3.63, 3.8) is 0 Å². The molecule has 1 N–H and O–H groups in total. The largest absolute Gasteiger partial charge is 0.382 e. The lowest BCUT2D eigenvalue weighted by Crippen LogP contribution is -2.13. The van der Waals surface area contributed by atoms with Crippen LogP contribution in [-0.4, -0.2) is 43.4 Å². The Morgan fingerprint density at radius 3 is 2.57 bits per heavy atom. The van der Waals surface area contributed by atoms with E-state index in [1.807, 2.05) is 0 Å². The summed E-state index contributed by atoms with van der Waals surface area (Å²) in [6.45, 7) is 9.20. The molecule has 0 bridgehead atoms. The van der Waals surface area contributed by atoms with Crippen molar-refractivity contribution in [2.24, 2.45) is 5.92 Å². The SMILES string of the molecule is CCNc1nc(CCOCCOC)nc(CC(C)C)c1I. The van der Waals surface area contributed by atoms with Crippen molar-refractivity contribution < 1.29 is 9.47 Å². The minimum atomic E-state index is 0.577. The first-order chi connectivity index (χ1) is 10.1. The van der Waals surface area contributed by atoms with Gasteiger partial charge in [0.2, 0.25) is 0 Å². The summed E-state index contributed by atoms with van der Waals surface area (Å²) in [7, 11) is 1.67. The molecular formula is C15H26IN3O2. The van der Waals surface area contributed by atoms with E-state index in [0.717, 1.165) is 40.3 Å². The molecule has 1 rings (SSSR count). The molecule has 0 unspecified atom stereocenters. The highest BCUT2D eigenvalue weighted by Crippen LogP contribution is 2.21. The Hall–Kier alpha value is -0.470. The average Bonchev–Trinajstić information content (AvgIpc) is 2.43. The highest BCUT2D eigenvalue weighted by Gasteiger charge is 2.13. The molecule has 0 radical (unpaired) electrons.